The number of nitrogens with one attached hydrogen (secondary N) is 1. The topological polar surface area (TPSA) is 41.6 Å². The van der Waals surface area contributed by atoms with Gasteiger partial charge >= 0.3 is 0 Å². The molecule has 0 aliphatic heterocycles. The van der Waals surface area contributed by atoms with Gasteiger partial charge in [-0.1, -0.05) is 0 Å². The minimum atomic E-state index is 0.713. The van der Waals surface area contributed by atoms with E-state index in [1.807, 2.05) is 11.7 Å². The number of hydrogen-bond acceptors (Lipinski definition) is 3. The number of nitrogens with zero attached hydrogens (tertiary/aromatic N) is 2. The van der Waals surface area contributed by atoms with E-state index in [9.17, 15) is 0 Å². The molecular formula is C9H9N3S. The van der Waals surface area contributed by atoms with Crippen LogP contribution in [0.3, 0.4) is 0 Å². The van der Waals surface area contributed by atoms with Crippen LogP contribution in [-0.4, -0.2) is 15.0 Å². The molecule has 0 unspecified atom stereocenters. The van der Waals surface area contributed by atoms with Crippen LogP contribution in [0.25, 0.3) is 10.6 Å². The molecule has 66 valence electrons. The van der Waals surface area contributed by atoms with Crippen molar-refractivity contribution in [1.82, 2.24) is 15.0 Å². The lowest BCUT2D eigenvalue weighted by Crippen LogP contribution is -1.82. The van der Waals surface area contributed by atoms with Gasteiger partial charge in [-0.2, -0.15) is 0 Å². The van der Waals surface area contributed by atoms with Gasteiger partial charge in [-0.15, -0.1) is 11.3 Å². The Labute approximate surface area is 79.9 Å². The number of aromatic nitrogens is 3. The van der Waals surface area contributed by atoms with Crippen molar-refractivity contribution in [1.29, 1.82) is 0 Å². The van der Waals surface area contributed by atoms with Crippen LogP contribution >= 0.6 is 11.3 Å². The van der Waals surface area contributed by atoms with Gasteiger partial charge in [0.2, 0.25) is 0 Å². The number of hydrogen-bond donors (Lipinski definition) is 1. The molecule has 0 saturated heterocycles. The fourth-order valence-corrected chi connectivity index (χ4v) is 2.33. The van der Waals surface area contributed by atoms with Gasteiger partial charge in [0.25, 0.3) is 0 Å². The molecule has 0 bridgehead atoms. The Morgan fingerprint density at radius 2 is 2.38 bits per heavy atom. The molecule has 1 saturated carbocycles. The van der Waals surface area contributed by atoms with Gasteiger partial charge in [-0.3, -0.25) is 0 Å². The summed E-state index contributed by atoms with van der Waals surface area (Å²) in [7, 11) is 0. The summed E-state index contributed by atoms with van der Waals surface area (Å²) in [5, 5.41) is 0. The fourth-order valence-electron chi connectivity index (χ4n) is 1.48. The van der Waals surface area contributed by atoms with E-state index in [1.165, 1.54) is 23.4 Å². The Balaban J connectivity index is 2.08. The Bertz CT molecular complexity index is 400. The van der Waals surface area contributed by atoms with Crippen LogP contribution in [0, 0.1) is 0 Å². The van der Waals surface area contributed by atoms with Crippen LogP contribution in [0.1, 0.15) is 24.5 Å². The van der Waals surface area contributed by atoms with Crippen molar-refractivity contribution in [2.45, 2.75) is 18.8 Å². The molecular weight excluding hydrogens is 182 g/mol. The molecule has 3 nitrogen and oxygen atoms in total. The third-order valence-corrected chi connectivity index (χ3v) is 3.18. The maximum atomic E-state index is 4.40. The van der Waals surface area contributed by atoms with E-state index in [0.717, 1.165) is 5.69 Å². The van der Waals surface area contributed by atoms with E-state index in [1.54, 1.807) is 17.7 Å². The molecule has 2 aromatic heterocycles. The number of imidazole rings is 1. The predicted molar refractivity (Wildman–Crippen MR) is 51.7 cm³/mol. The zero-order valence-electron chi connectivity index (χ0n) is 7.03. The number of rotatable bonds is 2. The predicted octanol–water partition coefficient (Wildman–Crippen LogP) is 2.41. The summed E-state index contributed by atoms with van der Waals surface area (Å²) in [6, 6.07) is 0. The average molecular weight is 191 g/mol. The molecule has 3 rings (SSSR count). The maximum absolute atomic E-state index is 4.40. The number of thiazole rings is 1. The Morgan fingerprint density at radius 1 is 1.46 bits per heavy atom. The first-order chi connectivity index (χ1) is 6.45. The zero-order valence-corrected chi connectivity index (χ0v) is 7.84. The van der Waals surface area contributed by atoms with Crippen molar-refractivity contribution in [2.75, 3.05) is 0 Å². The summed E-state index contributed by atoms with van der Waals surface area (Å²) in [5.41, 5.74) is 4.28. The van der Waals surface area contributed by atoms with Gasteiger partial charge in [-0.25, -0.2) is 9.97 Å². The normalized spacial score (nSPS) is 16.3. The summed E-state index contributed by atoms with van der Waals surface area (Å²) in [4.78, 5) is 12.8. The van der Waals surface area contributed by atoms with E-state index >= 15 is 0 Å². The molecule has 0 aromatic carbocycles. The van der Waals surface area contributed by atoms with Crippen LogP contribution in [0.4, 0.5) is 0 Å². The Morgan fingerprint density at radius 3 is 3.08 bits per heavy atom. The molecule has 0 spiro atoms. The number of H-pyrrole nitrogens is 1. The monoisotopic (exact) mass is 191 g/mol. The average Bonchev–Trinajstić information content (AvgIpc) is 2.72. The fraction of sp³-hybridized carbons (Fsp3) is 0.333. The second-order valence-corrected chi connectivity index (χ2v) is 4.16. The van der Waals surface area contributed by atoms with Gasteiger partial charge in [0.15, 0.2) is 0 Å². The maximum Gasteiger partial charge on any atom is 0.0924 e. The summed E-state index contributed by atoms with van der Waals surface area (Å²) in [5.74, 6) is 0.713. The highest BCUT2D eigenvalue weighted by atomic mass is 32.1. The lowest BCUT2D eigenvalue weighted by Gasteiger charge is -1.95. The van der Waals surface area contributed by atoms with Crippen molar-refractivity contribution < 1.29 is 0 Å². The molecule has 0 radical (unpaired) electrons. The molecule has 1 aliphatic rings. The largest absolute Gasteiger partial charge is 0.344 e. The Hall–Kier alpha value is -1.16. The summed E-state index contributed by atoms with van der Waals surface area (Å²) in [6.45, 7) is 0. The van der Waals surface area contributed by atoms with Gasteiger partial charge in [0.1, 0.15) is 0 Å². The SMILES string of the molecule is c1ncc(-c2scnc2C2CC2)[nH]1. The van der Waals surface area contributed by atoms with E-state index in [4.69, 9.17) is 0 Å². The van der Waals surface area contributed by atoms with Gasteiger partial charge < -0.3 is 4.98 Å². The van der Waals surface area contributed by atoms with Gasteiger partial charge in [0.05, 0.1) is 34.3 Å². The highest BCUT2D eigenvalue weighted by molar-refractivity contribution is 7.13. The summed E-state index contributed by atoms with van der Waals surface area (Å²) >= 11 is 1.69. The van der Waals surface area contributed by atoms with Crippen LogP contribution in [-0.2, 0) is 0 Å². The molecule has 1 aliphatic carbocycles. The summed E-state index contributed by atoms with van der Waals surface area (Å²) in [6.07, 6.45) is 6.17. The third kappa shape index (κ3) is 1.18. The first-order valence-corrected chi connectivity index (χ1v) is 5.25. The van der Waals surface area contributed by atoms with Crippen molar-refractivity contribution in [3.63, 3.8) is 0 Å². The van der Waals surface area contributed by atoms with Gasteiger partial charge in [-0.05, 0) is 12.8 Å². The molecule has 13 heavy (non-hydrogen) atoms. The molecule has 1 fully saturated rings. The molecule has 4 heteroatoms. The number of aromatic amines is 1. The summed E-state index contributed by atoms with van der Waals surface area (Å²) < 4.78 is 0. The van der Waals surface area contributed by atoms with Crippen LogP contribution in [0.15, 0.2) is 18.0 Å². The van der Waals surface area contributed by atoms with Crippen molar-refractivity contribution >= 4 is 11.3 Å². The third-order valence-electron chi connectivity index (χ3n) is 2.30. The lowest BCUT2D eigenvalue weighted by molar-refractivity contribution is 1.05. The first-order valence-electron chi connectivity index (χ1n) is 4.37. The smallest absolute Gasteiger partial charge is 0.0924 e. The molecule has 2 aromatic rings. The minimum Gasteiger partial charge on any atom is -0.344 e. The quantitative estimate of drug-likeness (QED) is 0.792. The second kappa shape index (κ2) is 2.67. The minimum absolute atomic E-state index is 0.713. The molecule has 1 N–H and O–H groups in total. The van der Waals surface area contributed by atoms with Gasteiger partial charge in [0, 0.05) is 5.92 Å². The van der Waals surface area contributed by atoms with Crippen LogP contribution in [0.2, 0.25) is 0 Å². The second-order valence-electron chi connectivity index (χ2n) is 3.31. The van der Waals surface area contributed by atoms with E-state index in [-0.39, 0.29) is 0 Å². The van der Waals surface area contributed by atoms with Crippen LogP contribution in [0.5, 0.6) is 0 Å². The highest BCUT2D eigenvalue weighted by Gasteiger charge is 2.28. The van der Waals surface area contributed by atoms with Crippen molar-refractivity contribution in [3.05, 3.63) is 23.7 Å². The van der Waals surface area contributed by atoms with Crippen molar-refractivity contribution in [3.8, 4) is 10.6 Å². The Kier molecular flexibility index (Phi) is 1.49. The highest BCUT2D eigenvalue weighted by Crippen LogP contribution is 2.44. The molecule has 0 atom stereocenters. The first kappa shape index (κ1) is 7.26. The lowest BCUT2D eigenvalue weighted by atomic mass is 10.2. The van der Waals surface area contributed by atoms with E-state index in [2.05, 4.69) is 15.0 Å². The standard InChI is InChI=1S/C9H9N3S/c1-2-6(1)8-9(13-5-12-8)7-3-10-4-11-7/h3-6H,1-2H2,(H,10,11). The molecule has 0 amide bonds. The van der Waals surface area contributed by atoms with E-state index in [0.29, 0.717) is 5.92 Å². The van der Waals surface area contributed by atoms with E-state index < -0.39 is 0 Å². The van der Waals surface area contributed by atoms with Crippen molar-refractivity contribution in [2.24, 2.45) is 0 Å². The zero-order chi connectivity index (χ0) is 8.67. The molecule has 2 heterocycles. The van der Waals surface area contributed by atoms with Crippen LogP contribution < -0.4 is 0 Å².